The summed E-state index contributed by atoms with van der Waals surface area (Å²) < 4.78 is 34.2. The predicted octanol–water partition coefficient (Wildman–Crippen LogP) is 4.07. The normalized spacial score (nSPS) is 17.9. The van der Waals surface area contributed by atoms with Gasteiger partial charge in [0, 0.05) is 25.3 Å². The number of nitrogens with zero attached hydrogens (tertiary/aromatic N) is 2. The third-order valence-corrected chi connectivity index (χ3v) is 9.10. The van der Waals surface area contributed by atoms with E-state index in [-0.39, 0.29) is 6.04 Å². The van der Waals surface area contributed by atoms with Gasteiger partial charge in [-0.1, -0.05) is 48.5 Å². The molecule has 0 radical (unpaired) electrons. The van der Waals surface area contributed by atoms with Gasteiger partial charge in [-0.3, -0.25) is 0 Å². The summed E-state index contributed by atoms with van der Waals surface area (Å²) in [6.45, 7) is 5.71. The summed E-state index contributed by atoms with van der Waals surface area (Å²) in [6, 6.07) is 21.1. The van der Waals surface area contributed by atoms with Crippen LogP contribution in [0.3, 0.4) is 0 Å². The first kappa shape index (κ1) is 23.9. The van der Waals surface area contributed by atoms with Crippen LogP contribution in [0.4, 0.5) is 5.69 Å². The number of benzene rings is 2. The summed E-state index contributed by atoms with van der Waals surface area (Å²) >= 11 is 1.24. The Morgan fingerprint density at radius 3 is 2.39 bits per heavy atom. The highest BCUT2D eigenvalue weighted by atomic mass is 32.2. The van der Waals surface area contributed by atoms with Crippen molar-refractivity contribution in [1.29, 1.82) is 0 Å². The lowest BCUT2D eigenvalue weighted by atomic mass is 9.98. The predicted molar refractivity (Wildman–Crippen MR) is 132 cm³/mol. The molecule has 33 heavy (non-hydrogen) atoms. The van der Waals surface area contributed by atoms with Crippen molar-refractivity contribution in [3.63, 3.8) is 0 Å². The summed E-state index contributed by atoms with van der Waals surface area (Å²) in [4.78, 5) is 2.21. The van der Waals surface area contributed by atoms with Crippen LogP contribution in [0.25, 0.3) is 0 Å². The van der Waals surface area contributed by atoms with E-state index in [1.54, 1.807) is 35.7 Å². The van der Waals surface area contributed by atoms with Gasteiger partial charge in [-0.15, -0.1) is 11.3 Å². The fourth-order valence-electron chi connectivity index (χ4n) is 4.01. The third kappa shape index (κ3) is 5.65. The van der Waals surface area contributed by atoms with Crippen molar-refractivity contribution in [1.82, 2.24) is 4.31 Å². The number of rotatable bonds is 8. The Morgan fingerprint density at radius 2 is 1.76 bits per heavy atom. The Kier molecular flexibility index (Phi) is 7.21. The van der Waals surface area contributed by atoms with Gasteiger partial charge in [0.15, 0.2) is 0 Å². The Hall–Kier alpha value is -2.23. The van der Waals surface area contributed by atoms with E-state index in [0.29, 0.717) is 37.1 Å². The summed E-state index contributed by atoms with van der Waals surface area (Å²) in [7, 11) is -3.52. The molecule has 176 valence electrons. The number of aliphatic hydroxyl groups is 1. The lowest BCUT2D eigenvalue weighted by Crippen LogP contribution is -2.56. The zero-order valence-electron chi connectivity index (χ0n) is 18.9. The molecule has 0 saturated carbocycles. The molecule has 0 aliphatic carbocycles. The van der Waals surface area contributed by atoms with Crippen molar-refractivity contribution < 1.29 is 18.3 Å². The molecule has 0 spiro atoms. The minimum atomic E-state index is -3.52. The average Bonchev–Trinajstić information content (AvgIpc) is 3.35. The first-order valence-corrected chi connectivity index (χ1v) is 13.3. The lowest BCUT2D eigenvalue weighted by molar-refractivity contribution is 0.0785. The van der Waals surface area contributed by atoms with Gasteiger partial charge in [0.2, 0.25) is 0 Å². The first-order chi connectivity index (χ1) is 15.7. The van der Waals surface area contributed by atoms with Crippen molar-refractivity contribution >= 4 is 27.0 Å². The molecular formula is C25H30N2O4S2. The van der Waals surface area contributed by atoms with E-state index >= 15 is 0 Å². The third-order valence-electron chi connectivity index (χ3n) is 5.86. The zero-order valence-corrected chi connectivity index (χ0v) is 20.6. The maximum Gasteiger partial charge on any atom is 0.252 e. The van der Waals surface area contributed by atoms with Crippen LogP contribution in [0, 0.1) is 0 Å². The van der Waals surface area contributed by atoms with Gasteiger partial charge in [0.25, 0.3) is 10.0 Å². The molecule has 0 unspecified atom stereocenters. The molecule has 4 rings (SSSR count). The van der Waals surface area contributed by atoms with Gasteiger partial charge in [-0.05, 0) is 48.6 Å². The van der Waals surface area contributed by atoms with Crippen LogP contribution in [0.5, 0.6) is 0 Å². The molecule has 1 aliphatic rings. The van der Waals surface area contributed by atoms with E-state index in [1.807, 2.05) is 54.6 Å². The topological polar surface area (TPSA) is 70.1 Å². The number of ether oxygens (including phenoxy) is 1. The highest BCUT2D eigenvalue weighted by Crippen LogP contribution is 2.29. The van der Waals surface area contributed by atoms with Crippen molar-refractivity contribution in [2.24, 2.45) is 0 Å². The van der Waals surface area contributed by atoms with Gasteiger partial charge in [0.1, 0.15) is 4.21 Å². The number of piperazine rings is 1. The number of sulfonamides is 1. The van der Waals surface area contributed by atoms with Gasteiger partial charge >= 0.3 is 0 Å². The SMILES string of the molecule is CC(C)(O)c1ccc(N2CCN(S(=O)(=O)c3cccs3)C[C@@H]2COCc2ccccc2)cc1. The van der Waals surface area contributed by atoms with E-state index in [1.165, 1.54) is 11.3 Å². The van der Waals surface area contributed by atoms with Crippen molar-refractivity contribution in [3.05, 3.63) is 83.2 Å². The highest BCUT2D eigenvalue weighted by Gasteiger charge is 2.35. The molecule has 8 heteroatoms. The Balaban J connectivity index is 1.53. The second-order valence-electron chi connectivity index (χ2n) is 8.75. The molecule has 1 fully saturated rings. The standard InChI is InChI=1S/C25H30N2O4S2/c1-25(2,28)21-10-12-22(13-11-21)27-15-14-26(33(29,30)24-9-6-16-32-24)17-23(27)19-31-18-20-7-4-3-5-8-20/h3-13,16,23,28H,14-15,17-19H2,1-2H3/t23-/m1/s1. The lowest BCUT2D eigenvalue weighted by Gasteiger charge is -2.42. The van der Waals surface area contributed by atoms with E-state index in [0.717, 1.165) is 16.8 Å². The number of anilines is 1. The Morgan fingerprint density at radius 1 is 1.03 bits per heavy atom. The molecule has 6 nitrogen and oxygen atoms in total. The highest BCUT2D eigenvalue weighted by molar-refractivity contribution is 7.91. The summed E-state index contributed by atoms with van der Waals surface area (Å²) in [5.41, 5.74) is 1.99. The number of hydrogen-bond acceptors (Lipinski definition) is 6. The van der Waals surface area contributed by atoms with Crippen LogP contribution in [0.1, 0.15) is 25.0 Å². The fraction of sp³-hybridized carbons (Fsp3) is 0.360. The fourth-order valence-corrected chi connectivity index (χ4v) is 6.63. The van der Waals surface area contributed by atoms with Gasteiger partial charge in [-0.25, -0.2) is 8.42 Å². The minimum absolute atomic E-state index is 0.134. The van der Waals surface area contributed by atoms with E-state index in [4.69, 9.17) is 4.74 Å². The number of thiophene rings is 1. The maximum atomic E-state index is 13.1. The monoisotopic (exact) mass is 486 g/mol. The molecule has 1 saturated heterocycles. The van der Waals surface area contributed by atoms with E-state index in [2.05, 4.69) is 4.90 Å². The zero-order chi connectivity index (χ0) is 23.5. The van der Waals surface area contributed by atoms with Crippen molar-refractivity contribution in [3.8, 4) is 0 Å². The minimum Gasteiger partial charge on any atom is -0.386 e. The molecule has 2 heterocycles. The molecular weight excluding hydrogens is 456 g/mol. The first-order valence-electron chi connectivity index (χ1n) is 11.0. The Labute approximate surface area is 200 Å². The second kappa shape index (κ2) is 9.95. The molecule has 0 amide bonds. The summed E-state index contributed by atoms with van der Waals surface area (Å²) in [6.07, 6.45) is 0. The van der Waals surface area contributed by atoms with Crippen LogP contribution in [-0.2, 0) is 27.0 Å². The largest absolute Gasteiger partial charge is 0.386 e. The number of hydrogen-bond donors (Lipinski definition) is 1. The molecule has 1 aromatic heterocycles. The van der Waals surface area contributed by atoms with Crippen LogP contribution < -0.4 is 4.90 Å². The van der Waals surface area contributed by atoms with Gasteiger partial charge in [0.05, 0.1) is 24.9 Å². The van der Waals surface area contributed by atoms with Crippen LogP contribution in [0.15, 0.2) is 76.3 Å². The van der Waals surface area contributed by atoms with Crippen molar-refractivity contribution in [2.75, 3.05) is 31.1 Å². The maximum absolute atomic E-state index is 13.1. The molecule has 3 aromatic rings. The van der Waals surface area contributed by atoms with Gasteiger partial charge < -0.3 is 14.7 Å². The van der Waals surface area contributed by atoms with Crippen LogP contribution in [0.2, 0.25) is 0 Å². The average molecular weight is 487 g/mol. The molecule has 0 bridgehead atoms. The second-order valence-corrected chi connectivity index (χ2v) is 11.9. The molecule has 2 aromatic carbocycles. The van der Waals surface area contributed by atoms with Crippen LogP contribution in [-0.4, -0.2) is 50.1 Å². The summed E-state index contributed by atoms with van der Waals surface area (Å²) in [5, 5.41) is 12.1. The molecule has 1 N–H and O–H groups in total. The quantitative estimate of drug-likeness (QED) is 0.520. The summed E-state index contributed by atoms with van der Waals surface area (Å²) in [5.74, 6) is 0. The Bertz CT molecular complexity index is 1130. The van der Waals surface area contributed by atoms with Gasteiger partial charge in [-0.2, -0.15) is 4.31 Å². The van der Waals surface area contributed by atoms with E-state index < -0.39 is 15.6 Å². The molecule has 1 atom stereocenters. The molecule has 1 aliphatic heterocycles. The smallest absolute Gasteiger partial charge is 0.252 e. The van der Waals surface area contributed by atoms with Crippen LogP contribution >= 0.6 is 11.3 Å². The van der Waals surface area contributed by atoms with Crippen molar-refractivity contribution in [2.45, 2.75) is 36.3 Å². The van der Waals surface area contributed by atoms with E-state index in [9.17, 15) is 13.5 Å².